The van der Waals surface area contributed by atoms with Crippen LogP contribution in [0.2, 0.25) is 0 Å². The topological polar surface area (TPSA) is 58.3 Å². The number of nitrogens with two attached hydrogens (primary N) is 1. The molecule has 0 spiro atoms. The van der Waals surface area contributed by atoms with Gasteiger partial charge in [-0.2, -0.15) is 0 Å². The second kappa shape index (κ2) is 2.68. The van der Waals surface area contributed by atoms with Crippen molar-refractivity contribution in [1.82, 2.24) is 5.32 Å². The molecule has 0 aromatic heterocycles. The minimum absolute atomic E-state index is 0.204. The standard InChI is InChI=1S/C9H12N2O/c10-9-7-3-4-11-5-6(7)1-2-8(9)12/h1-2,11-12H,3-5,10H2. The van der Waals surface area contributed by atoms with E-state index in [1.807, 2.05) is 6.07 Å². The third-order valence-electron chi connectivity index (χ3n) is 2.30. The molecule has 0 unspecified atom stereocenters. The van der Waals surface area contributed by atoms with Crippen molar-refractivity contribution >= 4 is 5.69 Å². The predicted molar refractivity (Wildman–Crippen MR) is 47.9 cm³/mol. The summed E-state index contributed by atoms with van der Waals surface area (Å²) in [4.78, 5) is 0. The lowest BCUT2D eigenvalue weighted by Gasteiger charge is -2.19. The number of hydrogen-bond donors (Lipinski definition) is 3. The van der Waals surface area contributed by atoms with E-state index in [-0.39, 0.29) is 5.75 Å². The second-order valence-electron chi connectivity index (χ2n) is 3.06. The van der Waals surface area contributed by atoms with Crippen molar-refractivity contribution in [2.24, 2.45) is 0 Å². The van der Waals surface area contributed by atoms with Gasteiger partial charge in [0.25, 0.3) is 0 Å². The lowest BCUT2D eigenvalue weighted by molar-refractivity contribution is 0.476. The smallest absolute Gasteiger partial charge is 0.138 e. The summed E-state index contributed by atoms with van der Waals surface area (Å²) >= 11 is 0. The number of aromatic hydroxyl groups is 1. The number of fused-ring (bicyclic) bond motifs is 1. The Hall–Kier alpha value is -1.22. The van der Waals surface area contributed by atoms with Crippen LogP contribution in [0.15, 0.2) is 12.1 Å². The highest BCUT2D eigenvalue weighted by Gasteiger charge is 2.13. The fraction of sp³-hybridized carbons (Fsp3) is 0.333. The molecule has 4 N–H and O–H groups in total. The molecule has 2 rings (SSSR count). The van der Waals surface area contributed by atoms with Crippen LogP contribution in [0.3, 0.4) is 0 Å². The first-order chi connectivity index (χ1) is 5.79. The normalized spacial score (nSPS) is 15.7. The van der Waals surface area contributed by atoms with Crippen LogP contribution in [0.5, 0.6) is 5.75 Å². The molecule has 0 radical (unpaired) electrons. The van der Waals surface area contributed by atoms with Gasteiger partial charge in [-0.3, -0.25) is 0 Å². The first kappa shape index (κ1) is 7.43. The molecule has 1 heterocycles. The Morgan fingerprint density at radius 2 is 2.25 bits per heavy atom. The number of phenolic OH excluding ortho intramolecular Hbond substituents is 1. The van der Waals surface area contributed by atoms with Crippen LogP contribution in [0.1, 0.15) is 11.1 Å². The zero-order valence-corrected chi connectivity index (χ0v) is 6.80. The van der Waals surface area contributed by atoms with Gasteiger partial charge in [-0.05, 0) is 30.2 Å². The van der Waals surface area contributed by atoms with Crippen molar-refractivity contribution < 1.29 is 5.11 Å². The Morgan fingerprint density at radius 3 is 3.08 bits per heavy atom. The quantitative estimate of drug-likeness (QED) is 0.389. The molecule has 0 atom stereocenters. The Morgan fingerprint density at radius 1 is 1.42 bits per heavy atom. The zero-order valence-electron chi connectivity index (χ0n) is 6.80. The summed E-state index contributed by atoms with van der Waals surface area (Å²) in [6.07, 6.45) is 0.912. The summed E-state index contributed by atoms with van der Waals surface area (Å²) in [6, 6.07) is 3.58. The van der Waals surface area contributed by atoms with Gasteiger partial charge in [-0.15, -0.1) is 0 Å². The Bertz CT molecular complexity index is 310. The number of nitrogens with one attached hydrogen (secondary N) is 1. The first-order valence-electron chi connectivity index (χ1n) is 4.09. The summed E-state index contributed by atoms with van der Waals surface area (Å²) < 4.78 is 0. The third kappa shape index (κ3) is 1.02. The fourth-order valence-corrected chi connectivity index (χ4v) is 1.59. The molecular formula is C9H12N2O. The van der Waals surface area contributed by atoms with Crippen LogP contribution in [-0.2, 0) is 13.0 Å². The molecule has 12 heavy (non-hydrogen) atoms. The maximum Gasteiger partial charge on any atom is 0.138 e. The monoisotopic (exact) mass is 164 g/mol. The van der Waals surface area contributed by atoms with Crippen LogP contribution < -0.4 is 11.1 Å². The van der Waals surface area contributed by atoms with Crippen molar-refractivity contribution in [2.75, 3.05) is 12.3 Å². The van der Waals surface area contributed by atoms with Crippen molar-refractivity contribution in [2.45, 2.75) is 13.0 Å². The van der Waals surface area contributed by atoms with Crippen LogP contribution >= 0.6 is 0 Å². The number of phenols is 1. The summed E-state index contributed by atoms with van der Waals surface area (Å²) in [6.45, 7) is 1.81. The van der Waals surface area contributed by atoms with Crippen molar-refractivity contribution in [1.29, 1.82) is 0 Å². The van der Waals surface area contributed by atoms with E-state index < -0.39 is 0 Å². The first-order valence-corrected chi connectivity index (χ1v) is 4.09. The SMILES string of the molecule is Nc1c(O)ccc2c1CCNC2. The number of hydrogen-bond acceptors (Lipinski definition) is 3. The molecule has 0 fully saturated rings. The molecule has 1 aromatic rings. The lowest BCUT2D eigenvalue weighted by atomic mass is 9.99. The second-order valence-corrected chi connectivity index (χ2v) is 3.06. The summed E-state index contributed by atoms with van der Waals surface area (Å²) in [7, 11) is 0. The molecular weight excluding hydrogens is 152 g/mol. The fourth-order valence-electron chi connectivity index (χ4n) is 1.59. The average molecular weight is 164 g/mol. The highest BCUT2D eigenvalue weighted by molar-refractivity contribution is 5.61. The van der Waals surface area contributed by atoms with E-state index >= 15 is 0 Å². The molecule has 0 saturated carbocycles. The molecule has 1 aromatic carbocycles. The minimum atomic E-state index is 0.204. The predicted octanol–water partition coefficient (Wildman–Crippen LogP) is 0.620. The minimum Gasteiger partial charge on any atom is -0.506 e. The highest BCUT2D eigenvalue weighted by Crippen LogP contribution is 2.28. The van der Waals surface area contributed by atoms with Gasteiger partial charge in [0.2, 0.25) is 0 Å². The van der Waals surface area contributed by atoms with E-state index in [0.717, 1.165) is 25.1 Å². The summed E-state index contributed by atoms with van der Waals surface area (Å²) in [5, 5.41) is 12.6. The Balaban J connectivity index is 2.54. The Labute approximate surface area is 71.2 Å². The van der Waals surface area contributed by atoms with Gasteiger partial charge in [-0.25, -0.2) is 0 Å². The lowest BCUT2D eigenvalue weighted by Crippen LogP contribution is -2.24. The van der Waals surface area contributed by atoms with E-state index in [9.17, 15) is 5.11 Å². The molecule has 0 saturated heterocycles. The average Bonchev–Trinajstić information content (AvgIpc) is 2.12. The largest absolute Gasteiger partial charge is 0.506 e. The van der Waals surface area contributed by atoms with Gasteiger partial charge in [0.15, 0.2) is 0 Å². The molecule has 0 bridgehead atoms. The van der Waals surface area contributed by atoms with Gasteiger partial charge in [-0.1, -0.05) is 6.07 Å². The number of benzene rings is 1. The Kier molecular flexibility index (Phi) is 1.66. The van der Waals surface area contributed by atoms with Crippen molar-refractivity contribution in [3.8, 4) is 5.75 Å². The number of nitrogen functional groups attached to an aromatic ring is 1. The maximum absolute atomic E-state index is 9.33. The molecule has 64 valence electrons. The van der Waals surface area contributed by atoms with Gasteiger partial charge >= 0.3 is 0 Å². The number of anilines is 1. The number of rotatable bonds is 0. The van der Waals surface area contributed by atoms with Crippen LogP contribution in [0, 0.1) is 0 Å². The van der Waals surface area contributed by atoms with Crippen LogP contribution in [-0.4, -0.2) is 11.7 Å². The van der Waals surface area contributed by atoms with E-state index in [1.165, 1.54) is 5.56 Å². The van der Waals surface area contributed by atoms with E-state index in [4.69, 9.17) is 5.73 Å². The van der Waals surface area contributed by atoms with E-state index in [1.54, 1.807) is 6.07 Å². The van der Waals surface area contributed by atoms with Crippen molar-refractivity contribution in [3.63, 3.8) is 0 Å². The molecule has 0 amide bonds. The van der Waals surface area contributed by atoms with Gasteiger partial charge in [0, 0.05) is 6.54 Å². The molecule has 1 aliphatic heterocycles. The van der Waals surface area contributed by atoms with Gasteiger partial charge in [0.1, 0.15) is 5.75 Å². The van der Waals surface area contributed by atoms with Gasteiger partial charge in [0.05, 0.1) is 5.69 Å². The van der Waals surface area contributed by atoms with Crippen molar-refractivity contribution in [3.05, 3.63) is 23.3 Å². The van der Waals surface area contributed by atoms with E-state index in [2.05, 4.69) is 5.32 Å². The van der Waals surface area contributed by atoms with E-state index in [0.29, 0.717) is 5.69 Å². The maximum atomic E-state index is 9.33. The van der Waals surface area contributed by atoms with Gasteiger partial charge < -0.3 is 16.2 Å². The highest BCUT2D eigenvalue weighted by atomic mass is 16.3. The summed E-state index contributed by atoms with van der Waals surface area (Å²) in [5.74, 6) is 0.204. The molecule has 0 aliphatic carbocycles. The third-order valence-corrected chi connectivity index (χ3v) is 2.30. The van der Waals surface area contributed by atoms with Crippen LogP contribution in [0.4, 0.5) is 5.69 Å². The van der Waals surface area contributed by atoms with Crippen LogP contribution in [0.25, 0.3) is 0 Å². The molecule has 3 heteroatoms. The summed E-state index contributed by atoms with van der Waals surface area (Å²) in [5.41, 5.74) is 8.59. The zero-order chi connectivity index (χ0) is 8.55. The molecule has 3 nitrogen and oxygen atoms in total. The molecule has 1 aliphatic rings.